The average Bonchev–Trinajstić information content (AvgIpc) is 3.27. The predicted molar refractivity (Wildman–Crippen MR) is 219 cm³/mol. The van der Waals surface area contributed by atoms with Crippen LogP contribution in [0.3, 0.4) is 0 Å². The van der Waals surface area contributed by atoms with Gasteiger partial charge in [0.15, 0.2) is 0 Å². The molecule has 7 aromatic rings. The van der Waals surface area contributed by atoms with Crippen molar-refractivity contribution < 1.29 is 36.6 Å². The number of anilines is 4. The largest absolute Gasteiger partial charge is 0.451 e. The van der Waals surface area contributed by atoms with Crippen molar-refractivity contribution in [3.63, 3.8) is 0 Å². The molecule has 4 amide bonds. The Morgan fingerprint density at radius 1 is 0.350 bits per heavy atom. The van der Waals surface area contributed by atoms with E-state index in [2.05, 4.69) is 41.7 Å². The van der Waals surface area contributed by atoms with E-state index < -0.39 is 46.8 Å². The fourth-order valence-electron chi connectivity index (χ4n) is 5.25. The molecule has 7 rings (SSSR count). The van der Waals surface area contributed by atoms with Crippen LogP contribution in [0.5, 0.6) is 23.0 Å². The van der Waals surface area contributed by atoms with Gasteiger partial charge in [-0.15, -0.1) is 0 Å². The van der Waals surface area contributed by atoms with E-state index >= 15 is 17.6 Å². The zero-order chi connectivity index (χ0) is 41.8. The second-order valence-electron chi connectivity index (χ2n) is 12.5. The highest BCUT2D eigenvalue weighted by Gasteiger charge is 2.29. The number of carbonyl (C=O) groups excluding carboxylic acids is 2. The van der Waals surface area contributed by atoms with Crippen molar-refractivity contribution in [2.24, 2.45) is 20.5 Å². The SMILES string of the molecule is O=C(Nc1ccc(N=Nc2ccccc2)cc1)Nc1ccc(Oc2c(F)c(F)c(Oc3ccc(NC(=O)Nc4ccc(N=Nc5ccccc5)cc4)cc3)c(F)c2F)cc1. The summed E-state index contributed by atoms with van der Waals surface area (Å²) in [6.07, 6.45) is 0. The van der Waals surface area contributed by atoms with Crippen LogP contribution in [0.2, 0.25) is 0 Å². The van der Waals surface area contributed by atoms with Gasteiger partial charge in [0.2, 0.25) is 34.8 Å². The van der Waals surface area contributed by atoms with E-state index in [1.807, 2.05) is 60.7 Å². The summed E-state index contributed by atoms with van der Waals surface area (Å²) in [5.74, 6) is -10.5. The number of rotatable bonds is 12. The number of urea groups is 2. The van der Waals surface area contributed by atoms with Crippen LogP contribution in [0, 0.1) is 23.3 Å². The van der Waals surface area contributed by atoms with Crippen LogP contribution in [0.25, 0.3) is 0 Å². The van der Waals surface area contributed by atoms with Crippen molar-refractivity contribution in [2.45, 2.75) is 0 Å². The maximum atomic E-state index is 15.1. The minimum Gasteiger partial charge on any atom is -0.451 e. The van der Waals surface area contributed by atoms with Gasteiger partial charge in [0.05, 0.1) is 22.7 Å². The first-order valence-electron chi connectivity index (χ1n) is 17.9. The highest BCUT2D eigenvalue weighted by atomic mass is 19.2. The van der Waals surface area contributed by atoms with E-state index in [-0.39, 0.29) is 22.9 Å². The van der Waals surface area contributed by atoms with Crippen LogP contribution in [-0.2, 0) is 0 Å². The Morgan fingerprint density at radius 2 is 0.600 bits per heavy atom. The number of hydrogen-bond acceptors (Lipinski definition) is 8. The smallest absolute Gasteiger partial charge is 0.323 e. The summed E-state index contributed by atoms with van der Waals surface area (Å²) >= 11 is 0. The summed E-state index contributed by atoms with van der Waals surface area (Å²) in [5.41, 5.74) is 3.99. The third-order valence-electron chi connectivity index (χ3n) is 8.17. The van der Waals surface area contributed by atoms with E-state index in [1.165, 1.54) is 48.5 Å². The topological polar surface area (TPSA) is 150 Å². The highest BCUT2D eigenvalue weighted by molar-refractivity contribution is 6.00. The van der Waals surface area contributed by atoms with Crippen LogP contribution < -0.4 is 30.7 Å². The van der Waals surface area contributed by atoms with Gasteiger partial charge in [-0.2, -0.15) is 38.0 Å². The number of azo groups is 2. The third-order valence-corrected chi connectivity index (χ3v) is 8.17. The predicted octanol–water partition coefficient (Wildman–Crippen LogP) is 13.9. The van der Waals surface area contributed by atoms with Gasteiger partial charge in [0, 0.05) is 22.7 Å². The molecule has 298 valence electrons. The molecule has 0 fully saturated rings. The second-order valence-corrected chi connectivity index (χ2v) is 12.5. The molecule has 0 saturated carbocycles. The molecule has 0 aromatic heterocycles. The molecule has 0 saturated heterocycles. The zero-order valence-electron chi connectivity index (χ0n) is 30.9. The molecule has 0 heterocycles. The number of hydrogen-bond donors (Lipinski definition) is 4. The minimum atomic E-state index is -1.85. The molecular weight excluding hydrogens is 781 g/mol. The quantitative estimate of drug-likeness (QED) is 0.0552. The molecule has 12 nitrogen and oxygen atoms in total. The lowest BCUT2D eigenvalue weighted by Gasteiger charge is -2.14. The minimum absolute atomic E-state index is 0.194. The Kier molecular flexibility index (Phi) is 12.4. The molecule has 0 radical (unpaired) electrons. The Balaban J connectivity index is 0.905. The van der Waals surface area contributed by atoms with Crippen molar-refractivity contribution in [1.82, 2.24) is 0 Å². The maximum absolute atomic E-state index is 15.1. The average molecular weight is 811 g/mol. The van der Waals surface area contributed by atoms with E-state index in [4.69, 9.17) is 9.47 Å². The fourth-order valence-corrected chi connectivity index (χ4v) is 5.25. The molecule has 0 atom stereocenters. The van der Waals surface area contributed by atoms with Crippen molar-refractivity contribution in [1.29, 1.82) is 0 Å². The number of nitrogens with zero attached hydrogens (tertiary/aromatic N) is 4. The number of carbonyl (C=O) groups is 2. The standard InChI is InChI=1S/C44H30F4N8O4/c45-37-39(47)42(60-36-25-21-30(22-26-36)52-44(58)50-28-13-17-34(18-14-28)56-54-32-9-5-2-6-10-32)40(48)38(46)41(37)59-35-23-19-29(20-24-35)51-43(57)49-27-11-15-33(16-12-27)55-53-31-7-3-1-4-8-31/h1-26H,(H2,49,51,57)(H2,50,52,58). The van der Waals surface area contributed by atoms with E-state index in [0.29, 0.717) is 34.1 Å². The zero-order valence-corrected chi connectivity index (χ0v) is 30.9. The van der Waals surface area contributed by atoms with E-state index in [1.54, 1.807) is 48.5 Å². The van der Waals surface area contributed by atoms with E-state index in [0.717, 1.165) is 0 Å². The van der Waals surface area contributed by atoms with Crippen LogP contribution in [0.1, 0.15) is 0 Å². The summed E-state index contributed by atoms with van der Waals surface area (Å²) in [6, 6.07) is 40.7. The number of benzene rings is 7. The monoisotopic (exact) mass is 810 g/mol. The summed E-state index contributed by atoms with van der Waals surface area (Å²) in [5, 5.41) is 27.0. The lowest BCUT2D eigenvalue weighted by Crippen LogP contribution is -2.19. The van der Waals surface area contributed by atoms with Gasteiger partial charge < -0.3 is 30.7 Å². The number of halogens is 4. The van der Waals surface area contributed by atoms with Crippen LogP contribution in [-0.4, -0.2) is 12.1 Å². The molecular formula is C44H30F4N8O4. The molecule has 7 aromatic carbocycles. The van der Waals surface area contributed by atoms with Gasteiger partial charge in [-0.25, -0.2) is 9.59 Å². The van der Waals surface area contributed by atoms with Gasteiger partial charge in [-0.1, -0.05) is 36.4 Å². The molecule has 4 N–H and O–H groups in total. The Labute approximate surface area is 339 Å². The fraction of sp³-hybridized carbons (Fsp3) is 0. The maximum Gasteiger partial charge on any atom is 0.323 e. The number of nitrogens with one attached hydrogen (secondary N) is 4. The summed E-state index contributed by atoms with van der Waals surface area (Å²) in [4.78, 5) is 25.1. The van der Waals surface area contributed by atoms with Gasteiger partial charge in [0.1, 0.15) is 11.5 Å². The van der Waals surface area contributed by atoms with Crippen LogP contribution >= 0.6 is 0 Å². The summed E-state index contributed by atoms with van der Waals surface area (Å²) < 4.78 is 70.7. The number of amides is 4. The molecule has 0 unspecified atom stereocenters. The van der Waals surface area contributed by atoms with Crippen molar-refractivity contribution in [2.75, 3.05) is 21.3 Å². The second kappa shape index (κ2) is 18.7. The highest BCUT2D eigenvalue weighted by Crippen LogP contribution is 2.39. The Morgan fingerprint density at radius 3 is 0.883 bits per heavy atom. The Bertz CT molecular complexity index is 2440. The first-order chi connectivity index (χ1) is 29.2. The molecule has 0 aliphatic rings. The van der Waals surface area contributed by atoms with Crippen LogP contribution in [0.15, 0.2) is 178 Å². The van der Waals surface area contributed by atoms with Crippen molar-refractivity contribution >= 4 is 57.6 Å². The Hall–Kier alpha value is -8.40. The molecule has 16 heteroatoms. The van der Waals surface area contributed by atoms with Crippen molar-refractivity contribution in [3.05, 3.63) is 181 Å². The summed E-state index contributed by atoms with van der Waals surface area (Å²) in [6.45, 7) is 0. The van der Waals surface area contributed by atoms with E-state index in [9.17, 15) is 9.59 Å². The lowest BCUT2D eigenvalue weighted by molar-refractivity contribution is 0.261. The third kappa shape index (κ3) is 10.5. The molecule has 0 aliphatic carbocycles. The lowest BCUT2D eigenvalue weighted by atomic mass is 10.2. The molecule has 0 aliphatic heterocycles. The number of ether oxygens (including phenoxy) is 2. The van der Waals surface area contributed by atoms with Gasteiger partial charge in [-0.3, -0.25) is 0 Å². The first-order valence-corrected chi connectivity index (χ1v) is 17.9. The normalized spacial score (nSPS) is 11.0. The van der Waals surface area contributed by atoms with Crippen LogP contribution in [0.4, 0.5) is 72.6 Å². The van der Waals surface area contributed by atoms with Crippen molar-refractivity contribution in [3.8, 4) is 23.0 Å². The van der Waals surface area contributed by atoms with Gasteiger partial charge in [0.25, 0.3) is 0 Å². The molecule has 60 heavy (non-hydrogen) atoms. The summed E-state index contributed by atoms with van der Waals surface area (Å²) in [7, 11) is 0. The molecule has 0 bridgehead atoms. The molecule has 0 spiro atoms. The van der Waals surface area contributed by atoms with Gasteiger partial charge in [-0.05, 0) is 121 Å². The van der Waals surface area contributed by atoms with Gasteiger partial charge >= 0.3 is 12.1 Å². The first kappa shape index (κ1) is 39.8.